The maximum Gasteiger partial charge on any atom is 0.205 e. The summed E-state index contributed by atoms with van der Waals surface area (Å²) in [4.78, 5) is 0.978. The second kappa shape index (κ2) is 5.59. The average molecular weight is 334 g/mol. The van der Waals surface area contributed by atoms with Gasteiger partial charge in [-0.2, -0.15) is 5.26 Å². The van der Waals surface area contributed by atoms with Crippen molar-refractivity contribution in [2.45, 2.75) is 5.92 Å². The van der Waals surface area contributed by atoms with Gasteiger partial charge in [0.25, 0.3) is 0 Å². The molecule has 0 saturated carbocycles. The summed E-state index contributed by atoms with van der Waals surface area (Å²) in [6, 6.07) is 17.9. The monoisotopic (exact) mass is 334 g/mol. The van der Waals surface area contributed by atoms with E-state index in [2.05, 4.69) is 6.07 Å². The molecule has 1 aromatic heterocycles. The number of rotatable bonds is 2. The number of nitrogens with two attached hydrogens (primary N) is 1. The maximum atomic E-state index is 9.65. The van der Waals surface area contributed by atoms with Crippen LogP contribution in [-0.2, 0) is 0 Å². The van der Waals surface area contributed by atoms with Crippen LogP contribution in [0.5, 0.6) is 11.5 Å². The van der Waals surface area contributed by atoms with Crippen LogP contribution >= 0.6 is 11.3 Å². The van der Waals surface area contributed by atoms with Gasteiger partial charge in [0.05, 0.1) is 17.9 Å². The summed E-state index contributed by atoms with van der Waals surface area (Å²) in [7, 11) is 1.63. The van der Waals surface area contributed by atoms with Crippen LogP contribution in [0.3, 0.4) is 0 Å². The minimum atomic E-state index is -0.285. The molecular formula is C19H14N2O2S. The van der Waals surface area contributed by atoms with E-state index in [0.717, 1.165) is 32.0 Å². The lowest BCUT2D eigenvalue weighted by atomic mass is 9.88. The third-order valence-corrected chi connectivity index (χ3v) is 5.39. The summed E-state index contributed by atoms with van der Waals surface area (Å²) in [5.41, 5.74) is 7.40. The number of fused-ring (bicyclic) bond motifs is 3. The van der Waals surface area contributed by atoms with Crippen LogP contribution in [0.15, 0.2) is 60.0 Å². The average Bonchev–Trinajstić information content (AvgIpc) is 2.98. The molecule has 1 aliphatic rings. The molecule has 0 unspecified atom stereocenters. The molecule has 0 radical (unpaired) electrons. The molecular weight excluding hydrogens is 320 g/mol. The Morgan fingerprint density at radius 2 is 1.92 bits per heavy atom. The molecule has 0 spiro atoms. The first kappa shape index (κ1) is 14.6. The smallest absolute Gasteiger partial charge is 0.205 e. The molecule has 4 nitrogen and oxygen atoms in total. The van der Waals surface area contributed by atoms with Crippen molar-refractivity contribution >= 4 is 21.4 Å². The molecule has 3 aromatic rings. The number of hydrogen-bond acceptors (Lipinski definition) is 5. The lowest BCUT2D eigenvalue weighted by Crippen LogP contribution is -2.20. The Bertz CT molecular complexity index is 1010. The van der Waals surface area contributed by atoms with Gasteiger partial charge in [0, 0.05) is 15.6 Å². The minimum absolute atomic E-state index is 0.157. The van der Waals surface area contributed by atoms with Gasteiger partial charge in [0.2, 0.25) is 5.88 Å². The van der Waals surface area contributed by atoms with Crippen molar-refractivity contribution in [3.63, 3.8) is 0 Å². The number of para-hydroxylation sites is 1. The van der Waals surface area contributed by atoms with E-state index >= 15 is 0 Å². The fourth-order valence-corrected chi connectivity index (χ4v) is 4.36. The Labute approximate surface area is 143 Å². The highest BCUT2D eigenvalue weighted by Crippen LogP contribution is 2.51. The Kier molecular flexibility index (Phi) is 3.40. The van der Waals surface area contributed by atoms with Crippen molar-refractivity contribution in [3.05, 3.63) is 70.4 Å². The molecule has 0 saturated heterocycles. The third kappa shape index (κ3) is 2.04. The zero-order valence-corrected chi connectivity index (χ0v) is 13.8. The number of hydrogen-bond donors (Lipinski definition) is 1. The van der Waals surface area contributed by atoms with Gasteiger partial charge in [-0.05, 0) is 18.2 Å². The molecule has 0 bridgehead atoms. The van der Waals surface area contributed by atoms with Crippen LogP contribution in [0.1, 0.15) is 16.4 Å². The molecule has 0 fully saturated rings. The van der Waals surface area contributed by atoms with Crippen LogP contribution in [0.2, 0.25) is 0 Å². The van der Waals surface area contributed by atoms with Gasteiger partial charge in [-0.25, -0.2) is 0 Å². The molecule has 1 atom stereocenters. The summed E-state index contributed by atoms with van der Waals surface area (Å²) in [6.45, 7) is 0. The van der Waals surface area contributed by atoms with Crippen molar-refractivity contribution < 1.29 is 9.47 Å². The molecule has 2 aromatic carbocycles. The first-order valence-electron chi connectivity index (χ1n) is 7.46. The van der Waals surface area contributed by atoms with Gasteiger partial charge in [0.15, 0.2) is 5.75 Å². The van der Waals surface area contributed by atoms with Crippen LogP contribution in [0.4, 0.5) is 0 Å². The van der Waals surface area contributed by atoms with Crippen LogP contribution in [0.25, 0.3) is 10.1 Å². The van der Waals surface area contributed by atoms with Gasteiger partial charge in [-0.1, -0.05) is 30.3 Å². The first-order chi connectivity index (χ1) is 11.7. The van der Waals surface area contributed by atoms with E-state index in [1.54, 1.807) is 18.4 Å². The summed E-state index contributed by atoms with van der Waals surface area (Å²) in [6.07, 6.45) is 0. The van der Waals surface area contributed by atoms with Gasteiger partial charge >= 0.3 is 0 Å². The molecule has 5 heteroatoms. The topological polar surface area (TPSA) is 68.3 Å². The Morgan fingerprint density at radius 1 is 1.17 bits per heavy atom. The minimum Gasteiger partial charge on any atom is -0.496 e. The fraction of sp³-hybridized carbons (Fsp3) is 0.105. The number of thiophene rings is 1. The van der Waals surface area contributed by atoms with Crippen molar-refractivity contribution in [2.75, 3.05) is 7.11 Å². The quantitative estimate of drug-likeness (QED) is 0.765. The second-order valence-corrected chi connectivity index (χ2v) is 6.54. The molecule has 0 aliphatic carbocycles. The van der Waals surface area contributed by atoms with E-state index in [9.17, 15) is 5.26 Å². The molecule has 118 valence electrons. The van der Waals surface area contributed by atoms with Crippen LogP contribution in [-0.4, -0.2) is 7.11 Å². The molecule has 4 rings (SSSR count). The summed E-state index contributed by atoms with van der Waals surface area (Å²) in [5, 5.41) is 10.7. The maximum absolute atomic E-state index is 9.65. The van der Waals surface area contributed by atoms with Gasteiger partial charge in [-0.3, -0.25) is 0 Å². The van der Waals surface area contributed by atoms with Gasteiger partial charge in [-0.15, -0.1) is 11.3 Å². The number of nitriles is 1. The number of allylic oxidation sites excluding steroid dienone is 1. The van der Waals surface area contributed by atoms with Crippen molar-refractivity contribution in [1.82, 2.24) is 0 Å². The number of benzene rings is 2. The number of methoxy groups -OCH3 is 1. The van der Waals surface area contributed by atoms with Crippen LogP contribution < -0.4 is 15.2 Å². The SMILES string of the molecule is COc1ccccc1[C@@H]1C(C#N)=C(N)Oc2c1sc1ccccc21. The van der Waals surface area contributed by atoms with E-state index in [0.29, 0.717) is 5.57 Å². The Morgan fingerprint density at radius 3 is 2.71 bits per heavy atom. The van der Waals surface area contributed by atoms with Crippen molar-refractivity contribution in [2.24, 2.45) is 5.73 Å². The zero-order valence-electron chi connectivity index (χ0n) is 12.9. The van der Waals surface area contributed by atoms with Gasteiger partial charge < -0.3 is 15.2 Å². The molecule has 2 heterocycles. The fourth-order valence-electron chi connectivity index (χ4n) is 3.10. The van der Waals surface area contributed by atoms with E-state index in [-0.39, 0.29) is 11.8 Å². The second-order valence-electron chi connectivity index (χ2n) is 5.46. The van der Waals surface area contributed by atoms with E-state index < -0.39 is 0 Å². The normalized spacial score (nSPS) is 16.4. The standard InChI is InChI=1S/C19H14N2O2S/c1-22-14-8-4-2-6-11(14)16-13(10-20)19(21)23-17-12-7-3-5-9-15(12)24-18(16)17/h2-9,16H,21H2,1H3/t16-/m1/s1. The summed E-state index contributed by atoms with van der Waals surface area (Å²) < 4.78 is 12.4. The molecule has 24 heavy (non-hydrogen) atoms. The summed E-state index contributed by atoms with van der Waals surface area (Å²) in [5.74, 6) is 1.34. The van der Waals surface area contributed by atoms with Crippen molar-refractivity contribution in [1.29, 1.82) is 5.26 Å². The molecule has 1 aliphatic heterocycles. The third-order valence-electron chi connectivity index (χ3n) is 4.17. The van der Waals surface area contributed by atoms with E-state index in [4.69, 9.17) is 15.2 Å². The van der Waals surface area contributed by atoms with E-state index in [1.807, 2.05) is 48.5 Å². The first-order valence-corrected chi connectivity index (χ1v) is 8.28. The summed E-state index contributed by atoms with van der Waals surface area (Å²) >= 11 is 1.62. The molecule has 0 amide bonds. The lowest BCUT2D eigenvalue weighted by molar-refractivity contribution is 0.393. The number of ether oxygens (including phenoxy) is 2. The highest BCUT2D eigenvalue weighted by atomic mass is 32.1. The highest BCUT2D eigenvalue weighted by Gasteiger charge is 2.35. The number of nitrogens with zero attached hydrogens (tertiary/aromatic N) is 1. The molecule has 2 N–H and O–H groups in total. The van der Waals surface area contributed by atoms with Gasteiger partial charge in [0.1, 0.15) is 17.4 Å². The lowest BCUT2D eigenvalue weighted by Gasteiger charge is -2.25. The predicted octanol–water partition coefficient (Wildman–Crippen LogP) is 4.13. The van der Waals surface area contributed by atoms with Crippen LogP contribution in [0, 0.1) is 11.3 Å². The Balaban J connectivity index is 2.03. The Hall–Kier alpha value is -2.97. The largest absolute Gasteiger partial charge is 0.496 e. The van der Waals surface area contributed by atoms with E-state index in [1.165, 1.54) is 0 Å². The zero-order chi connectivity index (χ0) is 16.7. The highest BCUT2D eigenvalue weighted by molar-refractivity contribution is 7.19. The van der Waals surface area contributed by atoms with Crippen molar-refractivity contribution in [3.8, 4) is 17.6 Å². The predicted molar refractivity (Wildman–Crippen MR) is 94.1 cm³/mol.